The number of carbonyl (C=O) groups excluding carboxylic acids is 1. The molecule has 1 aromatic rings. The predicted molar refractivity (Wildman–Crippen MR) is 37.3 cm³/mol. The van der Waals surface area contributed by atoms with Gasteiger partial charge in [0.2, 0.25) is 5.76 Å². The van der Waals surface area contributed by atoms with Gasteiger partial charge in [0.05, 0.1) is 6.26 Å². The molecular weight excluding hydrogens is 164 g/mol. The van der Waals surface area contributed by atoms with Crippen LogP contribution in [0.2, 0.25) is 0 Å². The van der Waals surface area contributed by atoms with Crippen LogP contribution in [0.3, 0.4) is 0 Å². The molecule has 0 spiro atoms. The number of hydrogen-bond donors (Lipinski definition) is 3. The molecule has 0 radical (unpaired) electrons. The minimum absolute atomic E-state index is 0.210. The van der Waals surface area contributed by atoms with Crippen molar-refractivity contribution >= 4 is 11.9 Å². The second-order valence-corrected chi connectivity index (χ2v) is 1.94. The molecule has 1 rings (SSSR count). The van der Waals surface area contributed by atoms with E-state index in [2.05, 4.69) is 4.42 Å². The number of carbonyl (C=O) groups is 2. The summed E-state index contributed by atoms with van der Waals surface area (Å²) in [6.45, 7) is 0. The SMILES string of the molecule is NNC(=O)c1occc1C(=O)O. The van der Waals surface area contributed by atoms with E-state index in [0.717, 1.165) is 6.26 Å². The Hall–Kier alpha value is -1.82. The summed E-state index contributed by atoms with van der Waals surface area (Å²) in [5.41, 5.74) is 1.56. The molecule has 0 fully saturated rings. The fraction of sp³-hybridized carbons (Fsp3) is 0. The van der Waals surface area contributed by atoms with E-state index in [1.54, 1.807) is 5.43 Å². The van der Waals surface area contributed by atoms with E-state index in [1.165, 1.54) is 6.07 Å². The summed E-state index contributed by atoms with van der Waals surface area (Å²) >= 11 is 0. The fourth-order valence-electron chi connectivity index (χ4n) is 0.719. The molecule has 0 saturated heterocycles. The van der Waals surface area contributed by atoms with Crippen molar-refractivity contribution in [3.8, 4) is 0 Å². The third kappa shape index (κ3) is 1.28. The van der Waals surface area contributed by atoms with Crippen molar-refractivity contribution in [1.82, 2.24) is 5.43 Å². The van der Waals surface area contributed by atoms with E-state index < -0.39 is 11.9 Å². The number of furan rings is 1. The first kappa shape index (κ1) is 8.28. The molecule has 1 amide bonds. The van der Waals surface area contributed by atoms with Crippen LogP contribution >= 0.6 is 0 Å². The lowest BCUT2D eigenvalue weighted by Gasteiger charge is -1.95. The van der Waals surface area contributed by atoms with Crippen LogP contribution in [0.4, 0.5) is 0 Å². The lowest BCUT2D eigenvalue weighted by molar-refractivity contribution is 0.0688. The largest absolute Gasteiger partial charge is 0.478 e. The molecular formula is C6H6N2O4. The Morgan fingerprint density at radius 1 is 1.58 bits per heavy atom. The molecule has 4 N–H and O–H groups in total. The molecule has 6 nitrogen and oxygen atoms in total. The van der Waals surface area contributed by atoms with Crippen LogP contribution in [0.1, 0.15) is 20.9 Å². The Morgan fingerprint density at radius 2 is 2.25 bits per heavy atom. The highest BCUT2D eigenvalue weighted by Crippen LogP contribution is 2.09. The smallest absolute Gasteiger partial charge is 0.339 e. The lowest BCUT2D eigenvalue weighted by atomic mass is 10.2. The Morgan fingerprint density at radius 3 is 2.75 bits per heavy atom. The molecule has 12 heavy (non-hydrogen) atoms. The van der Waals surface area contributed by atoms with Crippen molar-refractivity contribution in [1.29, 1.82) is 0 Å². The van der Waals surface area contributed by atoms with Gasteiger partial charge in [-0.2, -0.15) is 0 Å². The average Bonchev–Trinajstić information content (AvgIpc) is 2.50. The quantitative estimate of drug-likeness (QED) is 0.317. The molecule has 0 atom stereocenters. The van der Waals surface area contributed by atoms with Gasteiger partial charge in [-0.15, -0.1) is 0 Å². The van der Waals surface area contributed by atoms with Crippen molar-refractivity contribution in [3.05, 3.63) is 23.7 Å². The van der Waals surface area contributed by atoms with Gasteiger partial charge in [0.15, 0.2) is 0 Å². The summed E-state index contributed by atoms with van der Waals surface area (Å²) in [4.78, 5) is 21.2. The Balaban J connectivity index is 3.07. The van der Waals surface area contributed by atoms with E-state index in [9.17, 15) is 9.59 Å². The highest BCUT2D eigenvalue weighted by molar-refractivity contribution is 6.02. The molecule has 0 aliphatic rings. The van der Waals surface area contributed by atoms with Gasteiger partial charge in [0.25, 0.3) is 0 Å². The van der Waals surface area contributed by atoms with Gasteiger partial charge in [0, 0.05) is 0 Å². The number of nitrogens with one attached hydrogen (secondary N) is 1. The maximum Gasteiger partial charge on any atom is 0.339 e. The zero-order valence-corrected chi connectivity index (χ0v) is 5.90. The summed E-state index contributed by atoms with van der Waals surface area (Å²) in [6.07, 6.45) is 1.11. The van der Waals surface area contributed by atoms with Crippen LogP contribution in [-0.2, 0) is 0 Å². The number of hydrogen-bond acceptors (Lipinski definition) is 4. The highest BCUT2D eigenvalue weighted by atomic mass is 16.4. The lowest BCUT2D eigenvalue weighted by Crippen LogP contribution is -2.30. The van der Waals surface area contributed by atoms with Gasteiger partial charge >= 0.3 is 11.9 Å². The number of rotatable bonds is 2. The molecule has 0 bridgehead atoms. The second kappa shape index (κ2) is 3.05. The summed E-state index contributed by atoms with van der Waals surface area (Å²) in [7, 11) is 0. The van der Waals surface area contributed by atoms with Crippen LogP contribution < -0.4 is 11.3 Å². The van der Waals surface area contributed by atoms with Gasteiger partial charge in [-0.05, 0) is 6.07 Å². The Bertz CT molecular complexity index is 317. The van der Waals surface area contributed by atoms with Crippen LogP contribution in [-0.4, -0.2) is 17.0 Å². The first-order chi connectivity index (χ1) is 5.66. The summed E-state index contributed by atoms with van der Waals surface area (Å²) in [6, 6.07) is 1.17. The standard InChI is InChI=1S/C6H6N2O4/c7-8-5(9)4-3(6(10)11)1-2-12-4/h1-2H,7H2,(H,8,9)(H,10,11). The first-order valence-electron chi connectivity index (χ1n) is 2.98. The van der Waals surface area contributed by atoms with Gasteiger partial charge in [-0.1, -0.05) is 0 Å². The number of carboxylic acids is 1. The van der Waals surface area contributed by atoms with E-state index >= 15 is 0 Å². The second-order valence-electron chi connectivity index (χ2n) is 1.94. The number of carboxylic acid groups (broad SMARTS) is 1. The molecule has 0 unspecified atom stereocenters. The maximum absolute atomic E-state index is 10.8. The minimum Gasteiger partial charge on any atom is -0.478 e. The third-order valence-corrected chi connectivity index (χ3v) is 1.23. The summed E-state index contributed by atoms with van der Waals surface area (Å²) in [5, 5.41) is 8.52. The number of hydrazine groups is 1. The van der Waals surface area contributed by atoms with E-state index in [4.69, 9.17) is 10.9 Å². The Kier molecular flexibility index (Phi) is 2.11. The maximum atomic E-state index is 10.8. The molecule has 6 heteroatoms. The van der Waals surface area contributed by atoms with Crippen molar-refractivity contribution in [2.75, 3.05) is 0 Å². The topological polar surface area (TPSA) is 106 Å². The number of nitrogens with two attached hydrogens (primary N) is 1. The molecule has 0 saturated carbocycles. The normalized spacial score (nSPS) is 9.42. The molecule has 64 valence electrons. The number of aromatic carboxylic acids is 1. The van der Waals surface area contributed by atoms with Gasteiger partial charge in [0.1, 0.15) is 5.56 Å². The van der Waals surface area contributed by atoms with Crippen molar-refractivity contribution in [2.45, 2.75) is 0 Å². The highest BCUT2D eigenvalue weighted by Gasteiger charge is 2.18. The third-order valence-electron chi connectivity index (χ3n) is 1.23. The predicted octanol–water partition coefficient (Wildman–Crippen LogP) is -0.419. The molecule has 0 aliphatic carbocycles. The molecule has 1 aromatic heterocycles. The minimum atomic E-state index is -1.23. The fourth-order valence-corrected chi connectivity index (χ4v) is 0.719. The zero-order chi connectivity index (χ0) is 9.14. The van der Waals surface area contributed by atoms with E-state index in [1.807, 2.05) is 0 Å². The molecule has 1 heterocycles. The van der Waals surface area contributed by atoms with Crippen molar-refractivity contribution < 1.29 is 19.1 Å². The van der Waals surface area contributed by atoms with Crippen LogP contribution in [0.15, 0.2) is 16.7 Å². The van der Waals surface area contributed by atoms with Gasteiger partial charge < -0.3 is 9.52 Å². The van der Waals surface area contributed by atoms with E-state index in [-0.39, 0.29) is 11.3 Å². The van der Waals surface area contributed by atoms with Crippen LogP contribution in [0.5, 0.6) is 0 Å². The molecule has 0 aromatic carbocycles. The Labute approximate surface area is 66.9 Å². The van der Waals surface area contributed by atoms with Gasteiger partial charge in [-0.25, -0.2) is 10.6 Å². The summed E-state index contributed by atoms with van der Waals surface area (Å²) < 4.78 is 4.61. The monoisotopic (exact) mass is 170 g/mol. The van der Waals surface area contributed by atoms with Crippen LogP contribution in [0.25, 0.3) is 0 Å². The van der Waals surface area contributed by atoms with Gasteiger partial charge in [-0.3, -0.25) is 10.2 Å². The zero-order valence-electron chi connectivity index (χ0n) is 5.90. The van der Waals surface area contributed by atoms with Crippen LogP contribution in [0, 0.1) is 0 Å². The number of nitrogen functional groups attached to an aromatic ring is 1. The first-order valence-corrected chi connectivity index (χ1v) is 2.98. The molecule has 0 aliphatic heterocycles. The average molecular weight is 170 g/mol. The van der Waals surface area contributed by atoms with Crippen molar-refractivity contribution in [2.24, 2.45) is 5.84 Å². The summed E-state index contributed by atoms with van der Waals surface area (Å²) in [5.74, 6) is 2.48. The van der Waals surface area contributed by atoms with Crippen molar-refractivity contribution in [3.63, 3.8) is 0 Å². The number of amides is 1. The van der Waals surface area contributed by atoms with E-state index in [0.29, 0.717) is 0 Å².